The van der Waals surface area contributed by atoms with Crippen LogP contribution in [-0.2, 0) is 4.74 Å². The van der Waals surface area contributed by atoms with E-state index < -0.39 is 38.2 Å². The summed E-state index contributed by atoms with van der Waals surface area (Å²) < 4.78 is 43.2. The second kappa shape index (κ2) is 4.25. The van der Waals surface area contributed by atoms with Crippen molar-refractivity contribution in [3.63, 3.8) is 0 Å². The summed E-state index contributed by atoms with van der Waals surface area (Å²) in [5, 5.41) is 0. The highest BCUT2D eigenvalue weighted by atomic mass is 127. The second-order valence-electron chi connectivity index (χ2n) is 2.54. The van der Waals surface area contributed by atoms with Crippen molar-refractivity contribution in [1.82, 2.24) is 0 Å². The highest BCUT2D eigenvalue weighted by Gasteiger charge is 2.26. The number of methoxy groups -OCH3 is 1. The van der Waals surface area contributed by atoms with Crippen molar-refractivity contribution in [2.45, 2.75) is 0 Å². The molecule has 0 saturated heterocycles. The number of nitrogen functional groups attached to an aromatic ring is 1. The molecule has 0 radical (unpaired) electrons. The minimum Gasteiger partial charge on any atom is -0.465 e. The van der Waals surface area contributed by atoms with E-state index in [1.54, 1.807) is 0 Å². The summed E-state index contributed by atoms with van der Waals surface area (Å²) in [6.07, 6.45) is 0. The number of hydrogen-bond donors (Lipinski definition) is 1. The first-order chi connectivity index (χ1) is 6.91. The zero-order valence-corrected chi connectivity index (χ0v) is 9.56. The van der Waals surface area contributed by atoms with Crippen molar-refractivity contribution in [3.05, 3.63) is 26.6 Å². The number of rotatable bonds is 1. The van der Waals surface area contributed by atoms with Crippen LogP contribution >= 0.6 is 22.6 Å². The van der Waals surface area contributed by atoms with Gasteiger partial charge in [0, 0.05) is 0 Å². The predicted molar refractivity (Wildman–Crippen MR) is 54.8 cm³/mol. The van der Waals surface area contributed by atoms with Gasteiger partial charge in [0.25, 0.3) is 0 Å². The van der Waals surface area contributed by atoms with Gasteiger partial charge in [0.15, 0.2) is 17.5 Å². The molecule has 0 aliphatic carbocycles. The second-order valence-corrected chi connectivity index (χ2v) is 3.61. The Morgan fingerprint density at radius 2 is 1.80 bits per heavy atom. The molecule has 0 unspecified atom stereocenters. The number of benzene rings is 1. The van der Waals surface area contributed by atoms with Gasteiger partial charge in [-0.15, -0.1) is 0 Å². The van der Waals surface area contributed by atoms with Gasteiger partial charge in [-0.25, -0.2) is 18.0 Å². The highest BCUT2D eigenvalue weighted by molar-refractivity contribution is 14.1. The topological polar surface area (TPSA) is 52.3 Å². The standard InChI is InChI=1S/C8H5F3INO2/c1-15-8(14)2-3(9)4(10)7(13)5(11)6(2)12/h13H2,1H3. The largest absolute Gasteiger partial charge is 0.465 e. The quantitative estimate of drug-likeness (QED) is 0.371. The lowest BCUT2D eigenvalue weighted by Crippen LogP contribution is -2.13. The lowest BCUT2D eigenvalue weighted by atomic mass is 10.1. The van der Waals surface area contributed by atoms with Gasteiger partial charge in [0.1, 0.15) is 11.3 Å². The molecule has 0 fully saturated rings. The summed E-state index contributed by atoms with van der Waals surface area (Å²) in [6.45, 7) is 0. The van der Waals surface area contributed by atoms with Crippen LogP contribution in [0.2, 0.25) is 0 Å². The van der Waals surface area contributed by atoms with Gasteiger partial charge < -0.3 is 10.5 Å². The number of esters is 1. The average molecular weight is 331 g/mol. The summed E-state index contributed by atoms with van der Waals surface area (Å²) >= 11 is 1.35. The van der Waals surface area contributed by atoms with Crippen LogP contribution in [0.4, 0.5) is 18.9 Å². The van der Waals surface area contributed by atoms with E-state index in [1.165, 1.54) is 22.6 Å². The Morgan fingerprint density at radius 1 is 1.27 bits per heavy atom. The Bertz CT molecular complexity index is 407. The molecule has 0 saturated carbocycles. The zero-order valence-electron chi connectivity index (χ0n) is 7.41. The van der Waals surface area contributed by atoms with Crippen molar-refractivity contribution in [2.24, 2.45) is 0 Å². The van der Waals surface area contributed by atoms with Gasteiger partial charge in [-0.3, -0.25) is 0 Å². The molecule has 0 spiro atoms. The van der Waals surface area contributed by atoms with Crippen LogP contribution in [-0.4, -0.2) is 13.1 Å². The minimum absolute atomic E-state index is 0.407. The van der Waals surface area contributed by atoms with Crippen LogP contribution < -0.4 is 5.73 Å². The van der Waals surface area contributed by atoms with Gasteiger partial charge in [-0.1, -0.05) is 0 Å². The third-order valence-corrected chi connectivity index (χ3v) is 2.70. The van der Waals surface area contributed by atoms with Crippen LogP contribution in [0.25, 0.3) is 0 Å². The van der Waals surface area contributed by atoms with Gasteiger partial charge >= 0.3 is 5.97 Å². The normalized spacial score (nSPS) is 10.2. The molecule has 7 heteroatoms. The first-order valence-corrected chi connectivity index (χ1v) is 4.69. The van der Waals surface area contributed by atoms with E-state index in [2.05, 4.69) is 4.74 Å². The molecular formula is C8H5F3INO2. The Morgan fingerprint density at radius 3 is 2.27 bits per heavy atom. The molecule has 0 atom stereocenters. The maximum Gasteiger partial charge on any atom is 0.342 e. The molecule has 0 aliphatic rings. The number of halogens is 4. The maximum atomic E-state index is 13.2. The first-order valence-electron chi connectivity index (χ1n) is 3.61. The Hall–Kier alpha value is -0.990. The summed E-state index contributed by atoms with van der Waals surface area (Å²) in [7, 11) is 0.976. The number of hydrogen-bond acceptors (Lipinski definition) is 3. The lowest BCUT2D eigenvalue weighted by Gasteiger charge is -2.08. The van der Waals surface area contributed by atoms with Crippen molar-refractivity contribution in [2.75, 3.05) is 12.8 Å². The summed E-state index contributed by atoms with van der Waals surface area (Å²) in [5.41, 5.74) is 3.20. The average Bonchev–Trinajstić information content (AvgIpc) is 2.23. The Labute approximate surface area is 96.5 Å². The van der Waals surface area contributed by atoms with Crippen LogP contribution in [0.15, 0.2) is 0 Å². The SMILES string of the molecule is COC(=O)c1c(F)c(F)c(N)c(F)c1I. The van der Waals surface area contributed by atoms with Gasteiger partial charge in [0.2, 0.25) is 0 Å². The van der Waals surface area contributed by atoms with Crippen LogP contribution in [0.1, 0.15) is 10.4 Å². The van der Waals surface area contributed by atoms with E-state index in [0.717, 1.165) is 7.11 Å². The van der Waals surface area contributed by atoms with Crippen LogP contribution in [0.3, 0.4) is 0 Å². The molecule has 1 aromatic carbocycles. The van der Waals surface area contributed by atoms with E-state index >= 15 is 0 Å². The van der Waals surface area contributed by atoms with E-state index in [1.807, 2.05) is 0 Å². The fourth-order valence-corrected chi connectivity index (χ4v) is 1.68. The number of carbonyl (C=O) groups excluding carboxylic acids is 1. The van der Waals surface area contributed by atoms with Crippen molar-refractivity contribution >= 4 is 34.2 Å². The van der Waals surface area contributed by atoms with E-state index in [-0.39, 0.29) is 0 Å². The molecule has 15 heavy (non-hydrogen) atoms. The maximum absolute atomic E-state index is 13.2. The molecule has 0 aromatic heterocycles. The molecule has 0 heterocycles. The van der Waals surface area contributed by atoms with Gasteiger partial charge in [-0.2, -0.15) is 0 Å². The number of carbonyl (C=O) groups is 1. The fourth-order valence-electron chi connectivity index (χ4n) is 0.930. The Balaban J connectivity index is 3.60. The molecule has 0 bridgehead atoms. The van der Waals surface area contributed by atoms with E-state index in [9.17, 15) is 18.0 Å². The Kier molecular flexibility index (Phi) is 3.42. The molecule has 1 aromatic rings. The predicted octanol–water partition coefficient (Wildman–Crippen LogP) is 2.08. The summed E-state index contributed by atoms with van der Waals surface area (Å²) in [5.74, 6) is -5.43. The zero-order chi connectivity index (χ0) is 11.7. The molecule has 0 aliphatic heterocycles. The van der Waals surface area contributed by atoms with Crippen molar-refractivity contribution < 1.29 is 22.7 Å². The smallest absolute Gasteiger partial charge is 0.342 e. The first kappa shape index (κ1) is 12.1. The lowest BCUT2D eigenvalue weighted by molar-refractivity contribution is 0.0592. The third-order valence-electron chi connectivity index (χ3n) is 1.69. The highest BCUT2D eigenvalue weighted by Crippen LogP contribution is 2.28. The fraction of sp³-hybridized carbons (Fsp3) is 0.125. The number of anilines is 1. The molecule has 82 valence electrons. The monoisotopic (exact) mass is 331 g/mol. The van der Waals surface area contributed by atoms with Crippen LogP contribution in [0, 0.1) is 21.0 Å². The summed E-state index contributed by atoms with van der Waals surface area (Å²) in [4.78, 5) is 11.0. The molecule has 0 amide bonds. The molecule has 1 rings (SSSR count). The van der Waals surface area contributed by atoms with Crippen molar-refractivity contribution in [1.29, 1.82) is 0 Å². The summed E-state index contributed by atoms with van der Waals surface area (Å²) in [6, 6.07) is 0. The van der Waals surface area contributed by atoms with E-state index in [0.29, 0.717) is 0 Å². The van der Waals surface area contributed by atoms with Gasteiger partial charge in [-0.05, 0) is 22.6 Å². The van der Waals surface area contributed by atoms with Crippen molar-refractivity contribution in [3.8, 4) is 0 Å². The third kappa shape index (κ3) is 1.87. The minimum atomic E-state index is -1.59. The molecular weight excluding hydrogens is 326 g/mol. The number of nitrogens with two attached hydrogens (primary N) is 1. The van der Waals surface area contributed by atoms with Gasteiger partial charge in [0.05, 0.1) is 10.7 Å². The molecule has 2 N–H and O–H groups in total. The number of ether oxygens (including phenoxy) is 1. The van der Waals surface area contributed by atoms with Crippen LogP contribution in [0.5, 0.6) is 0 Å². The van der Waals surface area contributed by atoms with E-state index in [4.69, 9.17) is 5.73 Å². The molecule has 3 nitrogen and oxygen atoms in total.